The van der Waals surface area contributed by atoms with Crippen molar-refractivity contribution >= 4 is 21.4 Å². The Kier molecular flexibility index (Phi) is 3.44. The Balaban J connectivity index is 2.55. The van der Waals surface area contributed by atoms with Crippen molar-refractivity contribution in [1.82, 2.24) is 4.98 Å². The quantitative estimate of drug-likeness (QED) is 0.868. The first-order chi connectivity index (χ1) is 8.94. The van der Waals surface area contributed by atoms with E-state index in [-0.39, 0.29) is 10.6 Å². The summed E-state index contributed by atoms with van der Waals surface area (Å²) in [4.78, 5) is 4.06. The minimum absolute atomic E-state index is 0.140. The van der Waals surface area contributed by atoms with Crippen LogP contribution in [0.15, 0.2) is 47.6 Å². The normalized spacial score (nSPS) is 11.3. The fourth-order valence-electron chi connectivity index (χ4n) is 1.84. The Morgan fingerprint density at radius 1 is 1.21 bits per heavy atom. The van der Waals surface area contributed by atoms with Crippen molar-refractivity contribution in [2.75, 3.05) is 17.1 Å². The van der Waals surface area contributed by atoms with Gasteiger partial charge in [0.2, 0.25) is 0 Å². The molecule has 0 saturated heterocycles. The van der Waals surface area contributed by atoms with Crippen molar-refractivity contribution in [1.29, 1.82) is 0 Å². The second-order valence-electron chi connectivity index (χ2n) is 4.18. The Bertz CT molecular complexity index is 664. The van der Waals surface area contributed by atoms with Crippen LogP contribution in [0.1, 0.15) is 5.56 Å². The molecule has 0 spiro atoms. The van der Waals surface area contributed by atoms with Crippen LogP contribution >= 0.6 is 0 Å². The summed E-state index contributed by atoms with van der Waals surface area (Å²) in [6.07, 6.45) is 3.08. The highest BCUT2D eigenvalue weighted by Gasteiger charge is 2.25. The van der Waals surface area contributed by atoms with E-state index in [0.717, 1.165) is 0 Å². The monoisotopic (exact) mass is 277 g/mol. The molecule has 0 amide bonds. The zero-order valence-corrected chi connectivity index (χ0v) is 11.6. The van der Waals surface area contributed by atoms with Crippen LogP contribution in [-0.2, 0) is 10.0 Å². The van der Waals surface area contributed by atoms with E-state index < -0.39 is 10.0 Å². The van der Waals surface area contributed by atoms with Gasteiger partial charge in [-0.1, -0.05) is 12.1 Å². The van der Waals surface area contributed by atoms with Gasteiger partial charge in [-0.25, -0.2) is 8.42 Å². The van der Waals surface area contributed by atoms with Gasteiger partial charge in [0.15, 0.2) is 0 Å². The number of anilines is 2. The van der Waals surface area contributed by atoms with Gasteiger partial charge in [0.1, 0.15) is 4.90 Å². The molecule has 0 saturated carbocycles. The summed E-state index contributed by atoms with van der Waals surface area (Å²) in [7, 11) is -2.20. The average Bonchev–Trinajstić information content (AvgIpc) is 2.38. The number of nitrogen functional groups attached to an aromatic ring is 1. The first-order valence-electron chi connectivity index (χ1n) is 5.68. The standard InChI is InChI=1S/C13H15N3O2S/c1-10-5-3-7-12(14)13(10)19(17,18)16(2)11-6-4-8-15-9-11/h3-9H,14H2,1-2H3. The highest BCUT2D eigenvalue weighted by atomic mass is 32.2. The SMILES string of the molecule is Cc1cccc(N)c1S(=O)(=O)N(C)c1cccnc1. The number of nitrogens with two attached hydrogens (primary N) is 1. The molecule has 19 heavy (non-hydrogen) atoms. The predicted molar refractivity (Wildman–Crippen MR) is 75.4 cm³/mol. The van der Waals surface area contributed by atoms with E-state index in [4.69, 9.17) is 5.73 Å². The summed E-state index contributed by atoms with van der Waals surface area (Å²) in [6.45, 7) is 1.72. The molecule has 2 N–H and O–H groups in total. The average molecular weight is 277 g/mol. The maximum atomic E-state index is 12.6. The highest BCUT2D eigenvalue weighted by molar-refractivity contribution is 7.93. The maximum Gasteiger partial charge on any atom is 0.266 e. The van der Waals surface area contributed by atoms with Crippen molar-refractivity contribution in [3.8, 4) is 0 Å². The number of aryl methyl sites for hydroxylation is 1. The summed E-state index contributed by atoms with van der Waals surface area (Å²) in [6, 6.07) is 8.40. The van der Waals surface area contributed by atoms with Gasteiger partial charge in [0.05, 0.1) is 17.6 Å². The van der Waals surface area contributed by atoms with Crippen LogP contribution in [0.3, 0.4) is 0 Å². The first-order valence-corrected chi connectivity index (χ1v) is 7.12. The smallest absolute Gasteiger partial charge is 0.266 e. The van der Waals surface area contributed by atoms with Crippen molar-refractivity contribution in [3.05, 3.63) is 48.3 Å². The largest absolute Gasteiger partial charge is 0.398 e. The molecule has 1 aromatic heterocycles. The van der Waals surface area contributed by atoms with Crippen molar-refractivity contribution < 1.29 is 8.42 Å². The van der Waals surface area contributed by atoms with E-state index in [1.54, 1.807) is 43.5 Å². The molecule has 0 aliphatic rings. The maximum absolute atomic E-state index is 12.6. The van der Waals surface area contributed by atoms with Gasteiger partial charge in [0, 0.05) is 13.2 Å². The van der Waals surface area contributed by atoms with E-state index in [1.165, 1.54) is 17.5 Å². The van der Waals surface area contributed by atoms with Gasteiger partial charge in [-0.2, -0.15) is 0 Å². The Hall–Kier alpha value is -2.08. The van der Waals surface area contributed by atoms with Gasteiger partial charge < -0.3 is 5.73 Å². The van der Waals surface area contributed by atoms with Crippen molar-refractivity contribution in [2.24, 2.45) is 0 Å². The molecule has 1 aromatic carbocycles. The Morgan fingerprint density at radius 3 is 2.53 bits per heavy atom. The third kappa shape index (κ3) is 2.39. The number of aromatic nitrogens is 1. The van der Waals surface area contributed by atoms with E-state index in [1.807, 2.05) is 0 Å². The van der Waals surface area contributed by atoms with Gasteiger partial charge in [-0.15, -0.1) is 0 Å². The summed E-state index contributed by atoms with van der Waals surface area (Å²) >= 11 is 0. The number of hydrogen-bond acceptors (Lipinski definition) is 4. The topological polar surface area (TPSA) is 76.3 Å². The highest BCUT2D eigenvalue weighted by Crippen LogP contribution is 2.27. The molecular formula is C13H15N3O2S. The summed E-state index contributed by atoms with van der Waals surface area (Å²) < 4.78 is 26.4. The second kappa shape index (κ2) is 4.89. The molecule has 0 bridgehead atoms. The van der Waals surface area contributed by atoms with Crippen LogP contribution in [0.4, 0.5) is 11.4 Å². The fraction of sp³-hybridized carbons (Fsp3) is 0.154. The molecule has 0 atom stereocenters. The minimum atomic E-state index is -3.69. The van der Waals surface area contributed by atoms with Gasteiger partial charge >= 0.3 is 0 Å². The van der Waals surface area contributed by atoms with Crippen LogP contribution < -0.4 is 10.0 Å². The molecule has 0 aliphatic carbocycles. The molecule has 0 unspecified atom stereocenters. The van der Waals surface area contributed by atoms with Crippen LogP contribution in [-0.4, -0.2) is 20.4 Å². The third-order valence-electron chi connectivity index (χ3n) is 2.87. The van der Waals surface area contributed by atoms with Crippen LogP contribution in [0.25, 0.3) is 0 Å². The lowest BCUT2D eigenvalue weighted by Crippen LogP contribution is -2.28. The number of rotatable bonds is 3. The number of sulfonamides is 1. The molecule has 2 aromatic rings. The van der Waals surface area contributed by atoms with Gasteiger partial charge in [-0.05, 0) is 30.7 Å². The number of pyridine rings is 1. The summed E-state index contributed by atoms with van der Waals surface area (Å²) in [5.74, 6) is 0. The van der Waals surface area contributed by atoms with E-state index >= 15 is 0 Å². The molecule has 0 aliphatic heterocycles. The fourth-order valence-corrected chi connectivity index (χ4v) is 3.34. The molecule has 100 valence electrons. The van der Waals surface area contributed by atoms with Crippen LogP contribution in [0, 0.1) is 6.92 Å². The molecule has 0 fully saturated rings. The van der Waals surface area contributed by atoms with Crippen molar-refractivity contribution in [2.45, 2.75) is 11.8 Å². The summed E-state index contributed by atoms with van der Waals surface area (Å²) in [5, 5.41) is 0. The summed E-state index contributed by atoms with van der Waals surface area (Å²) in [5.41, 5.74) is 7.16. The van der Waals surface area contributed by atoms with E-state index in [2.05, 4.69) is 4.98 Å². The molecule has 2 rings (SSSR count). The number of hydrogen-bond donors (Lipinski definition) is 1. The Labute approximate surface area is 112 Å². The van der Waals surface area contributed by atoms with E-state index in [9.17, 15) is 8.42 Å². The minimum Gasteiger partial charge on any atom is -0.398 e. The molecule has 1 heterocycles. The van der Waals surface area contributed by atoms with E-state index in [0.29, 0.717) is 11.3 Å². The number of nitrogens with zero attached hydrogens (tertiary/aromatic N) is 2. The van der Waals surface area contributed by atoms with Crippen molar-refractivity contribution in [3.63, 3.8) is 0 Å². The molecule has 0 radical (unpaired) electrons. The lowest BCUT2D eigenvalue weighted by atomic mass is 10.2. The van der Waals surface area contributed by atoms with Gasteiger partial charge in [-0.3, -0.25) is 9.29 Å². The first kappa shape index (κ1) is 13.4. The Morgan fingerprint density at radius 2 is 1.95 bits per heavy atom. The van der Waals surface area contributed by atoms with Gasteiger partial charge in [0.25, 0.3) is 10.0 Å². The number of benzene rings is 1. The van der Waals surface area contributed by atoms with Crippen LogP contribution in [0.2, 0.25) is 0 Å². The second-order valence-corrected chi connectivity index (χ2v) is 6.08. The lowest BCUT2D eigenvalue weighted by molar-refractivity contribution is 0.594. The predicted octanol–water partition coefficient (Wildman–Crippen LogP) is 1.80. The molecule has 5 nitrogen and oxygen atoms in total. The zero-order chi connectivity index (χ0) is 14.0. The van der Waals surface area contributed by atoms with Crippen LogP contribution in [0.5, 0.6) is 0 Å². The molecular weight excluding hydrogens is 262 g/mol. The third-order valence-corrected chi connectivity index (χ3v) is 4.88. The molecule has 6 heteroatoms. The lowest BCUT2D eigenvalue weighted by Gasteiger charge is -2.21. The zero-order valence-electron chi connectivity index (χ0n) is 10.7.